The van der Waals surface area contributed by atoms with Crippen molar-refractivity contribution >= 4 is 0 Å². The molecule has 1 aliphatic carbocycles. The Morgan fingerprint density at radius 2 is 1.95 bits per heavy atom. The molecule has 1 saturated carbocycles. The van der Waals surface area contributed by atoms with E-state index in [2.05, 4.69) is 17.1 Å². The molecule has 1 atom stereocenters. The minimum atomic E-state index is -0.142. The van der Waals surface area contributed by atoms with Gasteiger partial charge < -0.3 is 5.32 Å². The molecule has 2 aliphatic rings. The molecule has 3 rings (SSSR count). The van der Waals surface area contributed by atoms with Gasteiger partial charge in [-0.15, -0.1) is 0 Å². The molecule has 0 bridgehead atoms. The topological polar surface area (TPSA) is 15.3 Å². The second-order valence-corrected chi connectivity index (χ2v) is 6.84. The molecule has 1 unspecified atom stereocenters. The number of halogens is 1. The van der Waals surface area contributed by atoms with Crippen molar-refractivity contribution in [2.75, 3.05) is 13.1 Å². The van der Waals surface area contributed by atoms with E-state index in [0.717, 1.165) is 19.6 Å². The molecule has 116 valence electrons. The maximum atomic E-state index is 13.1. The van der Waals surface area contributed by atoms with E-state index in [4.69, 9.17) is 0 Å². The number of hydrogen-bond donors (Lipinski definition) is 1. The Morgan fingerprint density at radius 1 is 1.24 bits per heavy atom. The smallest absolute Gasteiger partial charge is 0.123 e. The van der Waals surface area contributed by atoms with Crippen molar-refractivity contribution in [3.63, 3.8) is 0 Å². The Bertz CT molecular complexity index is 451. The van der Waals surface area contributed by atoms with Gasteiger partial charge in [0, 0.05) is 31.2 Å². The normalized spacial score (nSPS) is 25.5. The lowest BCUT2D eigenvalue weighted by Crippen LogP contribution is -2.62. The first-order valence-electron chi connectivity index (χ1n) is 8.44. The van der Waals surface area contributed by atoms with Gasteiger partial charge in [-0.3, -0.25) is 4.90 Å². The van der Waals surface area contributed by atoms with E-state index in [9.17, 15) is 4.39 Å². The summed E-state index contributed by atoms with van der Waals surface area (Å²) < 4.78 is 13.1. The number of benzene rings is 1. The third kappa shape index (κ3) is 3.46. The highest BCUT2D eigenvalue weighted by Gasteiger charge is 2.40. The standard InChI is InChI=1S/C18H27FN2/c1-2-5-17-12-20-18(10-3-4-11-18)14-21(17)13-15-6-8-16(19)9-7-15/h6-9,17,20H,2-5,10-14H2,1H3. The third-order valence-corrected chi connectivity index (χ3v) is 5.22. The Balaban J connectivity index is 1.72. The molecule has 1 heterocycles. The number of nitrogens with zero attached hydrogens (tertiary/aromatic N) is 1. The van der Waals surface area contributed by atoms with E-state index in [0.29, 0.717) is 11.6 Å². The first-order chi connectivity index (χ1) is 10.2. The van der Waals surface area contributed by atoms with Gasteiger partial charge in [-0.1, -0.05) is 38.3 Å². The fraction of sp³-hybridized carbons (Fsp3) is 0.667. The SMILES string of the molecule is CCCC1CNC2(CCCC2)CN1Cc1ccc(F)cc1. The van der Waals surface area contributed by atoms with Crippen LogP contribution in [0.3, 0.4) is 0 Å². The molecule has 1 aliphatic heterocycles. The highest BCUT2D eigenvalue weighted by atomic mass is 19.1. The van der Waals surface area contributed by atoms with Gasteiger partial charge in [0.25, 0.3) is 0 Å². The highest BCUT2D eigenvalue weighted by Crippen LogP contribution is 2.34. The first-order valence-corrected chi connectivity index (χ1v) is 8.44. The summed E-state index contributed by atoms with van der Waals surface area (Å²) in [7, 11) is 0. The van der Waals surface area contributed by atoms with Crippen LogP contribution >= 0.6 is 0 Å². The van der Waals surface area contributed by atoms with Crippen LogP contribution in [0.2, 0.25) is 0 Å². The summed E-state index contributed by atoms with van der Waals surface area (Å²) in [6.07, 6.45) is 7.80. The molecular weight excluding hydrogens is 263 g/mol. The monoisotopic (exact) mass is 290 g/mol. The maximum absolute atomic E-state index is 13.1. The van der Waals surface area contributed by atoms with Crippen molar-refractivity contribution in [2.24, 2.45) is 0 Å². The molecule has 0 aromatic heterocycles. The van der Waals surface area contributed by atoms with Crippen LogP contribution in [-0.4, -0.2) is 29.6 Å². The molecule has 2 fully saturated rings. The van der Waals surface area contributed by atoms with E-state index in [1.165, 1.54) is 44.1 Å². The Hall–Kier alpha value is -0.930. The molecule has 21 heavy (non-hydrogen) atoms. The summed E-state index contributed by atoms with van der Waals surface area (Å²) >= 11 is 0. The van der Waals surface area contributed by atoms with Gasteiger partial charge >= 0.3 is 0 Å². The number of piperazine rings is 1. The van der Waals surface area contributed by atoms with Crippen molar-refractivity contribution < 1.29 is 4.39 Å². The zero-order valence-electron chi connectivity index (χ0n) is 13.1. The quantitative estimate of drug-likeness (QED) is 0.909. The van der Waals surface area contributed by atoms with E-state index in [1.807, 2.05) is 12.1 Å². The van der Waals surface area contributed by atoms with E-state index in [1.54, 1.807) is 12.1 Å². The molecule has 3 heteroatoms. The molecule has 1 aromatic carbocycles. The van der Waals surface area contributed by atoms with Gasteiger partial charge in [0.05, 0.1) is 0 Å². The summed E-state index contributed by atoms with van der Waals surface area (Å²) in [5.41, 5.74) is 1.58. The average Bonchev–Trinajstić information content (AvgIpc) is 2.93. The van der Waals surface area contributed by atoms with E-state index in [-0.39, 0.29) is 5.82 Å². The van der Waals surface area contributed by atoms with Crippen molar-refractivity contribution in [3.8, 4) is 0 Å². The van der Waals surface area contributed by atoms with Gasteiger partial charge in [-0.05, 0) is 37.0 Å². The zero-order chi connectivity index (χ0) is 14.7. The number of hydrogen-bond acceptors (Lipinski definition) is 2. The van der Waals surface area contributed by atoms with Crippen LogP contribution in [0.4, 0.5) is 4.39 Å². The zero-order valence-corrected chi connectivity index (χ0v) is 13.1. The predicted molar refractivity (Wildman–Crippen MR) is 84.7 cm³/mol. The Labute approximate surface area is 127 Å². The van der Waals surface area contributed by atoms with E-state index < -0.39 is 0 Å². The first kappa shape index (κ1) is 15.0. The molecule has 0 amide bonds. The Morgan fingerprint density at radius 3 is 2.62 bits per heavy atom. The lowest BCUT2D eigenvalue weighted by Gasteiger charge is -2.46. The Kier molecular flexibility index (Phi) is 4.60. The number of rotatable bonds is 4. The third-order valence-electron chi connectivity index (χ3n) is 5.22. The predicted octanol–water partition coefficient (Wildman–Crippen LogP) is 3.71. The van der Waals surface area contributed by atoms with Crippen LogP contribution in [-0.2, 0) is 6.54 Å². The van der Waals surface area contributed by atoms with Gasteiger partial charge in [-0.25, -0.2) is 4.39 Å². The fourth-order valence-electron chi connectivity index (χ4n) is 4.05. The molecule has 2 nitrogen and oxygen atoms in total. The summed E-state index contributed by atoms with van der Waals surface area (Å²) in [5.74, 6) is -0.142. The van der Waals surface area contributed by atoms with Crippen LogP contribution < -0.4 is 5.32 Å². The lowest BCUT2D eigenvalue weighted by atomic mass is 9.91. The second-order valence-electron chi connectivity index (χ2n) is 6.84. The summed E-state index contributed by atoms with van der Waals surface area (Å²) in [6.45, 7) is 5.47. The number of nitrogens with one attached hydrogen (secondary N) is 1. The molecule has 1 saturated heterocycles. The summed E-state index contributed by atoms with van der Waals surface area (Å²) in [5, 5.41) is 3.85. The molecule has 1 aromatic rings. The fourth-order valence-corrected chi connectivity index (χ4v) is 4.05. The van der Waals surface area contributed by atoms with Crippen LogP contribution in [0.15, 0.2) is 24.3 Å². The minimum absolute atomic E-state index is 0.142. The van der Waals surface area contributed by atoms with Gasteiger partial charge in [-0.2, -0.15) is 0 Å². The van der Waals surface area contributed by atoms with Gasteiger partial charge in [0.1, 0.15) is 5.82 Å². The van der Waals surface area contributed by atoms with Crippen molar-refractivity contribution in [3.05, 3.63) is 35.6 Å². The van der Waals surface area contributed by atoms with Crippen molar-refractivity contribution in [1.82, 2.24) is 10.2 Å². The summed E-state index contributed by atoms with van der Waals surface area (Å²) in [4.78, 5) is 2.64. The van der Waals surface area contributed by atoms with Crippen LogP contribution in [0, 0.1) is 5.82 Å². The van der Waals surface area contributed by atoms with Gasteiger partial charge in [0.15, 0.2) is 0 Å². The largest absolute Gasteiger partial charge is 0.308 e. The molecule has 1 N–H and O–H groups in total. The van der Waals surface area contributed by atoms with Crippen molar-refractivity contribution in [2.45, 2.75) is 63.6 Å². The highest BCUT2D eigenvalue weighted by molar-refractivity contribution is 5.16. The van der Waals surface area contributed by atoms with Gasteiger partial charge in [0.2, 0.25) is 0 Å². The van der Waals surface area contributed by atoms with E-state index >= 15 is 0 Å². The lowest BCUT2D eigenvalue weighted by molar-refractivity contribution is 0.0689. The average molecular weight is 290 g/mol. The molecule has 0 radical (unpaired) electrons. The van der Waals surface area contributed by atoms with Crippen LogP contribution in [0.1, 0.15) is 51.0 Å². The molecular formula is C18H27FN2. The van der Waals surface area contributed by atoms with Crippen molar-refractivity contribution in [1.29, 1.82) is 0 Å². The minimum Gasteiger partial charge on any atom is -0.308 e. The summed E-state index contributed by atoms with van der Waals surface area (Å²) in [6, 6.07) is 7.64. The molecule has 1 spiro atoms. The van der Waals surface area contributed by atoms with Crippen LogP contribution in [0.25, 0.3) is 0 Å². The van der Waals surface area contributed by atoms with Crippen LogP contribution in [0.5, 0.6) is 0 Å². The maximum Gasteiger partial charge on any atom is 0.123 e. The second kappa shape index (κ2) is 6.45.